The Balaban J connectivity index is 1.42. The molecule has 2 amide bonds. The summed E-state index contributed by atoms with van der Waals surface area (Å²) < 4.78 is 2.11. The van der Waals surface area contributed by atoms with Gasteiger partial charge in [-0.05, 0) is 38.7 Å². The molecule has 0 unspecified atom stereocenters. The topological polar surface area (TPSA) is 54.3 Å². The normalized spacial score (nSPS) is 18.5. The van der Waals surface area contributed by atoms with E-state index in [0.29, 0.717) is 5.91 Å². The molecule has 1 saturated carbocycles. The van der Waals surface area contributed by atoms with Gasteiger partial charge in [-0.2, -0.15) is 0 Å². The predicted molar refractivity (Wildman–Crippen MR) is 97.4 cm³/mol. The third-order valence-electron chi connectivity index (χ3n) is 5.44. The first-order valence-corrected chi connectivity index (χ1v) is 9.35. The maximum absolute atomic E-state index is 12.8. The number of benzene rings is 1. The van der Waals surface area contributed by atoms with E-state index in [1.165, 1.54) is 0 Å². The van der Waals surface area contributed by atoms with Crippen LogP contribution in [0.3, 0.4) is 0 Å². The molecule has 1 aromatic carbocycles. The summed E-state index contributed by atoms with van der Waals surface area (Å²) in [7, 11) is 0. The number of piperidine rings is 1. The fraction of sp³-hybridized carbons (Fsp3) is 0.500. The van der Waals surface area contributed by atoms with Gasteiger partial charge in [-0.15, -0.1) is 0 Å². The SMILES string of the molecule is CCn1cc(C(=O)NC2CCN(C(=O)C3CC3)CC2)c2ccccc21. The Hall–Kier alpha value is -2.30. The van der Waals surface area contributed by atoms with Crippen LogP contribution in [0.5, 0.6) is 0 Å². The monoisotopic (exact) mass is 339 g/mol. The molecule has 1 aliphatic carbocycles. The van der Waals surface area contributed by atoms with Gasteiger partial charge in [0.2, 0.25) is 5.91 Å². The molecule has 0 atom stereocenters. The van der Waals surface area contributed by atoms with Crippen LogP contribution in [0.4, 0.5) is 0 Å². The Morgan fingerprint density at radius 1 is 1.12 bits per heavy atom. The van der Waals surface area contributed by atoms with Crippen molar-refractivity contribution >= 4 is 22.7 Å². The van der Waals surface area contributed by atoms with Gasteiger partial charge in [0, 0.05) is 48.7 Å². The number of aryl methyl sites for hydroxylation is 1. The highest BCUT2D eigenvalue weighted by molar-refractivity contribution is 6.07. The van der Waals surface area contributed by atoms with Crippen LogP contribution >= 0.6 is 0 Å². The van der Waals surface area contributed by atoms with Gasteiger partial charge in [0.15, 0.2) is 0 Å². The van der Waals surface area contributed by atoms with Gasteiger partial charge in [-0.3, -0.25) is 9.59 Å². The average molecular weight is 339 g/mol. The van der Waals surface area contributed by atoms with E-state index in [-0.39, 0.29) is 17.9 Å². The lowest BCUT2D eigenvalue weighted by Crippen LogP contribution is -2.47. The van der Waals surface area contributed by atoms with E-state index in [0.717, 1.165) is 61.8 Å². The summed E-state index contributed by atoms with van der Waals surface area (Å²) in [4.78, 5) is 26.9. The number of hydrogen-bond acceptors (Lipinski definition) is 2. The van der Waals surface area contributed by atoms with Crippen LogP contribution in [0.25, 0.3) is 10.9 Å². The largest absolute Gasteiger partial charge is 0.349 e. The van der Waals surface area contributed by atoms with Crippen molar-refractivity contribution in [3.8, 4) is 0 Å². The first-order chi connectivity index (χ1) is 12.2. The summed E-state index contributed by atoms with van der Waals surface area (Å²) in [6, 6.07) is 8.19. The summed E-state index contributed by atoms with van der Waals surface area (Å²) in [6.45, 7) is 4.45. The second-order valence-electron chi connectivity index (χ2n) is 7.19. The van der Waals surface area contributed by atoms with Gasteiger partial charge >= 0.3 is 0 Å². The maximum atomic E-state index is 12.8. The fourth-order valence-electron chi connectivity index (χ4n) is 3.79. The van der Waals surface area contributed by atoms with E-state index in [4.69, 9.17) is 0 Å². The Morgan fingerprint density at radius 3 is 2.52 bits per heavy atom. The highest BCUT2D eigenvalue weighted by atomic mass is 16.2. The van der Waals surface area contributed by atoms with Crippen LogP contribution in [0.1, 0.15) is 43.0 Å². The number of rotatable bonds is 4. The minimum atomic E-state index is -0.00429. The Kier molecular flexibility index (Phi) is 4.24. The Labute approximate surface area is 148 Å². The lowest BCUT2D eigenvalue weighted by molar-refractivity contribution is -0.133. The first-order valence-electron chi connectivity index (χ1n) is 9.35. The maximum Gasteiger partial charge on any atom is 0.253 e. The first kappa shape index (κ1) is 16.2. The molecule has 2 aliphatic rings. The second kappa shape index (κ2) is 6.54. The molecule has 0 radical (unpaired) electrons. The Bertz CT molecular complexity index is 798. The van der Waals surface area contributed by atoms with Gasteiger partial charge in [0.1, 0.15) is 0 Å². The van der Waals surface area contributed by atoms with Crippen molar-refractivity contribution in [3.63, 3.8) is 0 Å². The van der Waals surface area contributed by atoms with E-state index in [2.05, 4.69) is 22.9 Å². The summed E-state index contributed by atoms with van der Waals surface area (Å²) in [5.74, 6) is 0.595. The van der Waals surface area contributed by atoms with Crippen LogP contribution in [-0.4, -0.2) is 40.4 Å². The quantitative estimate of drug-likeness (QED) is 0.931. The fourth-order valence-corrected chi connectivity index (χ4v) is 3.79. The number of para-hydroxylation sites is 1. The van der Waals surface area contributed by atoms with Crippen LogP contribution in [0, 0.1) is 5.92 Å². The van der Waals surface area contributed by atoms with Gasteiger partial charge in [-0.1, -0.05) is 18.2 Å². The van der Waals surface area contributed by atoms with Gasteiger partial charge in [-0.25, -0.2) is 0 Å². The molecule has 2 fully saturated rings. The van der Waals surface area contributed by atoms with Crippen LogP contribution in [-0.2, 0) is 11.3 Å². The molecule has 25 heavy (non-hydrogen) atoms. The summed E-state index contributed by atoms with van der Waals surface area (Å²) in [6.07, 6.45) is 5.74. The standard InChI is InChI=1S/C20H25N3O2/c1-2-22-13-17(16-5-3-4-6-18(16)22)19(24)21-15-9-11-23(12-10-15)20(25)14-7-8-14/h3-6,13-15H,2,7-12H2,1H3,(H,21,24). The number of carbonyl (C=O) groups excluding carboxylic acids is 2. The lowest BCUT2D eigenvalue weighted by Gasteiger charge is -2.32. The molecule has 2 aromatic rings. The van der Waals surface area contributed by atoms with Crippen molar-refractivity contribution in [1.29, 1.82) is 0 Å². The van der Waals surface area contributed by atoms with Crippen LogP contribution in [0.15, 0.2) is 30.5 Å². The highest BCUT2D eigenvalue weighted by Crippen LogP contribution is 2.32. The number of likely N-dealkylation sites (tertiary alicyclic amines) is 1. The van der Waals surface area contributed by atoms with E-state index in [1.807, 2.05) is 29.3 Å². The number of nitrogens with zero attached hydrogens (tertiary/aromatic N) is 2. The van der Waals surface area contributed by atoms with Gasteiger partial charge < -0.3 is 14.8 Å². The predicted octanol–water partition coefficient (Wildman–Crippen LogP) is 2.79. The molecule has 1 aromatic heterocycles. The van der Waals surface area contributed by atoms with Crippen molar-refractivity contribution in [2.24, 2.45) is 5.92 Å². The van der Waals surface area contributed by atoms with Crippen molar-refractivity contribution in [2.45, 2.75) is 45.2 Å². The zero-order chi connectivity index (χ0) is 17.4. The number of carbonyl (C=O) groups is 2. The van der Waals surface area contributed by atoms with Crippen molar-refractivity contribution in [3.05, 3.63) is 36.0 Å². The Morgan fingerprint density at radius 2 is 1.84 bits per heavy atom. The minimum absolute atomic E-state index is 0.00429. The zero-order valence-electron chi connectivity index (χ0n) is 14.7. The molecule has 5 nitrogen and oxygen atoms in total. The third-order valence-corrected chi connectivity index (χ3v) is 5.44. The second-order valence-corrected chi connectivity index (χ2v) is 7.19. The molecule has 132 valence electrons. The molecule has 5 heteroatoms. The molecule has 1 aliphatic heterocycles. The van der Waals surface area contributed by atoms with Gasteiger partial charge in [0.25, 0.3) is 5.91 Å². The lowest BCUT2D eigenvalue weighted by atomic mass is 10.0. The summed E-state index contributed by atoms with van der Waals surface area (Å²) in [5, 5.41) is 4.18. The molecule has 1 N–H and O–H groups in total. The number of fused-ring (bicyclic) bond motifs is 1. The number of aromatic nitrogens is 1. The van der Waals surface area contributed by atoms with E-state index in [1.54, 1.807) is 0 Å². The van der Waals surface area contributed by atoms with Crippen LogP contribution in [0.2, 0.25) is 0 Å². The molecule has 1 saturated heterocycles. The van der Waals surface area contributed by atoms with E-state index in [9.17, 15) is 9.59 Å². The average Bonchev–Trinajstić information content (AvgIpc) is 3.42. The molecule has 0 spiro atoms. The third kappa shape index (κ3) is 3.15. The summed E-state index contributed by atoms with van der Waals surface area (Å²) >= 11 is 0. The molecular formula is C20H25N3O2. The van der Waals surface area contributed by atoms with Crippen molar-refractivity contribution in [2.75, 3.05) is 13.1 Å². The van der Waals surface area contributed by atoms with E-state index < -0.39 is 0 Å². The van der Waals surface area contributed by atoms with Gasteiger partial charge in [0.05, 0.1) is 5.56 Å². The molecular weight excluding hydrogens is 314 g/mol. The number of hydrogen-bond donors (Lipinski definition) is 1. The zero-order valence-corrected chi connectivity index (χ0v) is 14.7. The number of nitrogens with one attached hydrogen (secondary N) is 1. The van der Waals surface area contributed by atoms with Crippen LogP contribution < -0.4 is 5.32 Å². The molecule has 4 rings (SSSR count). The molecule has 2 heterocycles. The molecule has 0 bridgehead atoms. The summed E-state index contributed by atoms with van der Waals surface area (Å²) in [5.41, 5.74) is 1.84. The van der Waals surface area contributed by atoms with Crippen molar-refractivity contribution < 1.29 is 9.59 Å². The van der Waals surface area contributed by atoms with Crippen molar-refractivity contribution in [1.82, 2.24) is 14.8 Å². The minimum Gasteiger partial charge on any atom is -0.349 e. The highest BCUT2D eigenvalue weighted by Gasteiger charge is 2.35. The number of amides is 2. The van der Waals surface area contributed by atoms with E-state index >= 15 is 0 Å². The smallest absolute Gasteiger partial charge is 0.253 e.